The van der Waals surface area contributed by atoms with Gasteiger partial charge < -0.3 is 10.0 Å². The molecule has 0 radical (unpaired) electrons. The van der Waals surface area contributed by atoms with E-state index in [1.807, 2.05) is 19.1 Å². The lowest BCUT2D eigenvalue weighted by molar-refractivity contribution is -0.148. The lowest BCUT2D eigenvalue weighted by Crippen LogP contribution is -2.43. The zero-order valence-corrected chi connectivity index (χ0v) is 11.5. The van der Waals surface area contributed by atoms with Crippen molar-refractivity contribution < 1.29 is 14.7 Å². The molecule has 1 amide bonds. The number of carboxylic acids is 1. The van der Waals surface area contributed by atoms with E-state index in [4.69, 9.17) is 0 Å². The first-order valence-electron chi connectivity index (χ1n) is 6.14. The number of thioether (sulfide) groups is 1. The molecular formula is C13H16N2O3S. The van der Waals surface area contributed by atoms with Gasteiger partial charge in [0.05, 0.1) is 5.75 Å². The normalized spacial score (nSPS) is 22.5. The number of pyridine rings is 1. The highest BCUT2D eigenvalue weighted by Crippen LogP contribution is 2.26. The highest BCUT2D eigenvalue weighted by molar-refractivity contribution is 8.00. The van der Waals surface area contributed by atoms with Crippen LogP contribution in [0, 0.1) is 5.92 Å². The zero-order valence-electron chi connectivity index (χ0n) is 10.7. The van der Waals surface area contributed by atoms with Crippen molar-refractivity contribution >= 4 is 23.6 Å². The summed E-state index contributed by atoms with van der Waals surface area (Å²) in [5.74, 6) is -0.737. The molecule has 1 N–H and O–H groups in total. The Bertz CT molecular complexity index is 466. The van der Waals surface area contributed by atoms with Crippen molar-refractivity contribution in [1.82, 2.24) is 9.88 Å². The predicted octanol–water partition coefficient (Wildman–Crippen LogP) is 1.50. The largest absolute Gasteiger partial charge is 0.480 e. The number of amides is 1. The summed E-state index contributed by atoms with van der Waals surface area (Å²) in [4.78, 5) is 29.7. The van der Waals surface area contributed by atoms with Crippen LogP contribution in [0.5, 0.6) is 0 Å². The maximum absolute atomic E-state index is 12.1. The van der Waals surface area contributed by atoms with E-state index in [0.717, 1.165) is 11.3 Å². The number of carbonyl (C=O) groups excluding carboxylic acids is 1. The number of rotatable bonds is 4. The third-order valence-corrected chi connectivity index (χ3v) is 4.28. The second-order valence-corrected chi connectivity index (χ2v) is 5.66. The van der Waals surface area contributed by atoms with E-state index in [-0.39, 0.29) is 17.6 Å². The number of nitrogens with zero attached hydrogens (tertiary/aromatic N) is 2. The van der Waals surface area contributed by atoms with E-state index < -0.39 is 12.0 Å². The van der Waals surface area contributed by atoms with E-state index in [0.29, 0.717) is 6.54 Å². The van der Waals surface area contributed by atoms with Gasteiger partial charge in [-0.15, -0.1) is 11.8 Å². The molecular weight excluding hydrogens is 264 g/mol. The molecule has 1 aromatic rings. The van der Waals surface area contributed by atoms with Crippen LogP contribution >= 0.6 is 11.8 Å². The standard InChI is InChI=1S/C13H16N2O3S/c1-9-4-7-15(12(9)13(17)18)11(16)8-19-10-2-5-14-6-3-10/h2-3,5-6,9,12H,4,7-8H2,1H3,(H,17,18). The summed E-state index contributed by atoms with van der Waals surface area (Å²) in [6.45, 7) is 2.41. The van der Waals surface area contributed by atoms with Gasteiger partial charge in [0.2, 0.25) is 5.91 Å². The molecule has 2 unspecified atom stereocenters. The first-order chi connectivity index (χ1) is 9.09. The highest BCUT2D eigenvalue weighted by atomic mass is 32.2. The fourth-order valence-electron chi connectivity index (χ4n) is 2.27. The number of carbonyl (C=O) groups is 2. The molecule has 2 atom stereocenters. The van der Waals surface area contributed by atoms with Crippen LogP contribution in [0.2, 0.25) is 0 Å². The molecule has 6 heteroatoms. The van der Waals surface area contributed by atoms with Crippen LogP contribution in [-0.4, -0.2) is 45.2 Å². The number of aromatic nitrogens is 1. The van der Waals surface area contributed by atoms with Crippen LogP contribution < -0.4 is 0 Å². The Hall–Kier alpha value is -1.56. The molecule has 5 nitrogen and oxygen atoms in total. The third kappa shape index (κ3) is 3.26. The average Bonchev–Trinajstić information content (AvgIpc) is 2.79. The number of carboxylic acid groups (broad SMARTS) is 1. The summed E-state index contributed by atoms with van der Waals surface area (Å²) in [6.07, 6.45) is 4.10. The summed E-state index contributed by atoms with van der Waals surface area (Å²) in [5, 5.41) is 9.18. The molecule has 1 fully saturated rings. The molecule has 1 aliphatic heterocycles. The number of hydrogen-bond acceptors (Lipinski definition) is 4. The van der Waals surface area contributed by atoms with Gasteiger partial charge in [0.25, 0.3) is 0 Å². The fraction of sp³-hybridized carbons (Fsp3) is 0.462. The minimum Gasteiger partial charge on any atom is -0.480 e. The molecule has 0 aromatic carbocycles. The van der Waals surface area contributed by atoms with Crippen LogP contribution in [0.15, 0.2) is 29.4 Å². The molecule has 1 aliphatic rings. The maximum Gasteiger partial charge on any atom is 0.326 e. The van der Waals surface area contributed by atoms with Crippen molar-refractivity contribution in [3.05, 3.63) is 24.5 Å². The third-order valence-electron chi connectivity index (χ3n) is 3.29. The minimum atomic E-state index is -0.910. The van der Waals surface area contributed by atoms with Crippen LogP contribution in [0.1, 0.15) is 13.3 Å². The van der Waals surface area contributed by atoms with Gasteiger partial charge in [-0.05, 0) is 24.5 Å². The van der Waals surface area contributed by atoms with Gasteiger partial charge in [0.15, 0.2) is 0 Å². The van der Waals surface area contributed by atoms with Crippen LogP contribution in [0.25, 0.3) is 0 Å². The number of hydrogen-bond donors (Lipinski definition) is 1. The van der Waals surface area contributed by atoms with Crippen molar-refractivity contribution in [3.8, 4) is 0 Å². The summed E-state index contributed by atoms with van der Waals surface area (Å²) < 4.78 is 0. The maximum atomic E-state index is 12.1. The Morgan fingerprint density at radius 1 is 1.47 bits per heavy atom. The zero-order chi connectivity index (χ0) is 13.8. The molecule has 102 valence electrons. The Morgan fingerprint density at radius 3 is 2.79 bits per heavy atom. The van der Waals surface area contributed by atoms with Crippen molar-refractivity contribution in [2.24, 2.45) is 5.92 Å². The van der Waals surface area contributed by atoms with Crippen LogP contribution in [-0.2, 0) is 9.59 Å². The molecule has 2 rings (SSSR count). The highest BCUT2D eigenvalue weighted by Gasteiger charge is 2.39. The monoisotopic (exact) mass is 280 g/mol. The van der Waals surface area contributed by atoms with Crippen molar-refractivity contribution in [2.75, 3.05) is 12.3 Å². The molecule has 19 heavy (non-hydrogen) atoms. The second-order valence-electron chi connectivity index (χ2n) is 4.61. The first kappa shape index (κ1) is 13.9. The topological polar surface area (TPSA) is 70.5 Å². The second kappa shape index (κ2) is 6.06. The summed E-state index contributed by atoms with van der Waals surface area (Å²) in [5.41, 5.74) is 0. The van der Waals surface area contributed by atoms with Crippen LogP contribution in [0.3, 0.4) is 0 Å². The van der Waals surface area contributed by atoms with Gasteiger partial charge in [-0.3, -0.25) is 9.78 Å². The molecule has 2 heterocycles. The average molecular weight is 280 g/mol. The molecule has 0 spiro atoms. The van der Waals surface area contributed by atoms with Crippen LogP contribution in [0.4, 0.5) is 0 Å². The molecule has 1 saturated heterocycles. The quantitative estimate of drug-likeness (QED) is 0.846. The Balaban J connectivity index is 1.95. The Labute approximate surface area is 116 Å². The number of aliphatic carboxylic acids is 1. The first-order valence-corrected chi connectivity index (χ1v) is 7.13. The Morgan fingerprint density at radius 2 is 2.16 bits per heavy atom. The van der Waals surface area contributed by atoms with Gasteiger partial charge in [-0.2, -0.15) is 0 Å². The van der Waals surface area contributed by atoms with Gasteiger partial charge >= 0.3 is 5.97 Å². The van der Waals surface area contributed by atoms with Gasteiger partial charge in [0, 0.05) is 23.8 Å². The summed E-state index contributed by atoms with van der Waals surface area (Å²) in [7, 11) is 0. The number of likely N-dealkylation sites (tertiary alicyclic amines) is 1. The fourth-order valence-corrected chi connectivity index (χ4v) is 3.04. The lowest BCUT2D eigenvalue weighted by atomic mass is 10.0. The lowest BCUT2D eigenvalue weighted by Gasteiger charge is -2.23. The SMILES string of the molecule is CC1CCN(C(=O)CSc2ccncc2)C1C(=O)O. The van der Waals surface area contributed by atoms with Gasteiger partial charge in [-0.25, -0.2) is 4.79 Å². The van der Waals surface area contributed by atoms with E-state index in [2.05, 4.69) is 4.98 Å². The van der Waals surface area contributed by atoms with E-state index in [9.17, 15) is 14.7 Å². The van der Waals surface area contributed by atoms with E-state index >= 15 is 0 Å². The smallest absolute Gasteiger partial charge is 0.326 e. The molecule has 0 saturated carbocycles. The summed E-state index contributed by atoms with van der Waals surface area (Å²) >= 11 is 1.41. The van der Waals surface area contributed by atoms with E-state index in [1.165, 1.54) is 16.7 Å². The summed E-state index contributed by atoms with van der Waals surface area (Å²) in [6, 6.07) is 2.99. The minimum absolute atomic E-state index is 0.0207. The molecule has 0 aliphatic carbocycles. The van der Waals surface area contributed by atoms with Gasteiger partial charge in [-0.1, -0.05) is 6.92 Å². The molecule has 1 aromatic heterocycles. The predicted molar refractivity (Wildman–Crippen MR) is 71.9 cm³/mol. The van der Waals surface area contributed by atoms with Crippen molar-refractivity contribution in [1.29, 1.82) is 0 Å². The van der Waals surface area contributed by atoms with Crippen molar-refractivity contribution in [2.45, 2.75) is 24.3 Å². The molecule has 0 bridgehead atoms. The van der Waals surface area contributed by atoms with Crippen molar-refractivity contribution in [3.63, 3.8) is 0 Å². The Kier molecular flexibility index (Phi) is 4.42. The van der Waals surface area contributed by atoms with Gasteiger partial charge in [0.1, 0.15) is 6.04 Å². The van der Waals surface area contributed by atoms with E-state index in [1.54, 1.807) is 12.4 Å².